The number of amides is 1. The van der Waals surface area contributed by atoms with Gasteiger partial charge in [0.1, 0.15) is 12.4 Å². The summed E-state index contributed by atoms with van der Waals surface area (Å²) in [5.74, 6) is 5.43. The van der Waals surface area contributed by atoms with Crippen molar-refractivity contribution < 1.29 is 13.9 Å². The van der Waals surface area contributed by atoms with Crippen molar-refractivity contribution in [2.75, 3.05) is 18.9 Å². The number of anilines is 1. The van der Waals surface area contributed by atoms with Gasteiger partial charge in [0.05, 0.1) is 11.3 Å². The lowest BCUT2D eigenvalue weighted by molar-refractivity contribution is 0.143. The molecule has 156 valence electrons. The molecule has 0 aromatic heterocycles. The van der Waals surface area contributed by atoms with Crippen LogP contribution in [0.1, 0.15) is 34.6 Å². The van der Waals surface area contributed by atoms with E-state index < -0.39 is 6.09 Å². The molecular formula is C26H23FN2O2. The zero-order valence-corrected chi connectivity index (χ0v) is 17.2. The number of carbonyl (C=O) groups excluding carboxylic acids is 1. The minimum atomic E-state index is -0.482. The van der Waals surface area contributed by atoms with Gasteiger partial charge in [-0.05, 0) is 46.9 Å². The number of hydrogen-bond donors (Lipinski definition) is 2. The Labute approximate surface area is 181 Å². The molecule has 3 aromatic carbocycles. The molecule has 0 bridgehead atoms. The molecule has 0 atom stereocenters. The fourth-order valence-electron chi connectivity index (χ4n) is 3.89. The first kappa shape index (κ1) is 20.5. The Morgan fingerprint density at radius 2 is 1.74 bits per heavy atom. The van der Waals surface area contributed by atoms with Crippen LogP contribution in [0.2, 0.25) is 0 Å². The number of carbonyl (C=O) groups is 1. The minimum absolute atomic E-state index is 0.0251. The summed E-state index contributed by atoms with van der Waals surface area (Å²) in [5.41, 5.74) is 12.2. The number of nitrogens with two attached hydrogens (primary N) is 1. The maximum absolute atomic E-state index is 13.5. The zero-order chi connectivity index (χ0) is 21.8. The van der Waals surface area contributed by atoms with Gasteiger partial charge in [-0.15, -0.1) is 0 Å². The van der Waals surface area contributed by atoms with Crippen LogP contribution >= 0.6 is 0 Å². The first-order valence-corrected chi connectivity index (χ1v) is 10.2. The normalized spacial score (nSPS) is 11.8. The topological polar surface area (TPSA) is 64.3 Å². The Bertz CT molecular complexity index is 1150. The number of fused-ring (bicyclic) bond motifs is 3. The van der Waals surface area contributed by atoms with Gasteiger partial charge in [-0.25, -0.2) is 9.18 Å². The van der Waals surface area contributed by atoms with E-state index >= 15 is 0 Å². The van der Waals surface area contributed by atoms with Crippen LogP contribution in [0.4, 0.5) is 14.9 Å². The van der Waals surface area contributed by atoms with Gasteiger partial charge < -0.3 is 15.8 Å². The van der Waals surface area contributed by atoms with Crippen molar-refractivity contribution in [1.82, 2.24) is 5.32 Å². The fraction of sp³-hybridized carbons (Fsp3) is 0.192. The molecule has 4 nitrogen and oxygen atoms in total. The number of rotatable bonds is 4. The molecule has 1 aliphatic rings. The Kier molecular flexibility index (Phi) is 5.90. The molecule has 0 saturated carbocycles. The second kappa shape index (κ2) is 8.93. The smallest absolute Gasteiger partial charge is 0.407 e. The van der Waals surface area contributed by atoms with Crippen molar-refractivity contribution in [3.8, 4) is 23.0 Å². The molecule has 0 radical (unpaired) electrons. The lowest BCUT2D eigenvalue weighted by atomic mass is 9.98. The van der Waals surface area contributed by atoms with Crippen LogP contribution < -0.4 is 11.1 Å². The van der Waals surface area contributed by atoms with E-state index in [9.17, 15) is 9.18 Å². The predicted molar refractivity (Wildman–Crippen MR) is 120 cm³/mol. The molecular weight excluding hydrogens is 391 g/mol. The van der Waals surface area contributed by atoms with E-state index in [1.165, 1.54) is 34.4 Å². The summed E-state index contributed by atoms with van der Waals surface area (Å²) >= 11 is 0. The summed E-state index contributed by atoms with van der Waals surface area (Å²) in [6, 6.07) is 19.1. The number of ether oxygens (including phenoxy) is 1. The highest BCUT2D eigenvalue weighted by molar-refractivity contribution is 5.79. The van der Waals surface area contributed by atoms with Crippen LogP contribution in [0.25, 0.3) is 11.1 Å². The van der Waals surface area contributed by atoms with Crippen molar-refractivity contribution >= 4 is 11.8 Å². The van der Waals surface area contributed by atoms with Crippen molar-refractivity contribution in [3.63, 3.8) is 0 Å². The quantitative estimate of drug-likeness (QED) is 0.359. The van der Waals surface area contributed by atoms with E-state index in [1.54, 1.807) is 6.92 Å². The number of hydrogen-bond acceptors (Lipinski definition) is 3. The maximum Gasteiger partial charge on any atom is 0.407 e. The molecule has 1 aliphatic carbocycles. The number of aryl methyl sites for hydroxylation is 1. The Balaban J connectivity index is 1.30. The van der Waals surface area contributed by atoms with E-state index in [1.807, 2.05) is 24.3 Å². The van der Waals surface area contributed by atoms with Crippen molar-refractivity contribution in [3.05, 3.63) is 88.7 Å². The molecule has 0 aliphatic heterocycles. The van der Waals surface area contributed by atoms with Gasteiger partial charge >= 0.3 is 6.09 Å². The molecule has 0 heterocycles. The molecule has 0 saturated heterocycles. The van der Waals surface area contributed by atoms with E-state index in [4.69, 9.17) is 10.5 Å². The molecule has 5 heteroatoms. The number of halogens is 1. The fourth-order valence-corrected chi connectivity index (χ4v) is 3.89. The van der Waals surface area contributed by atoms with Gasteiger partial charge in [0, 0.05) is 18.9 Å². The first-order valence-electron chi connectivity index (χ1n) is 10.2. The number of benzene rings is 3. The van der Waals surface area contributed by atoms with Gasteiger partial charge in [0.25, 0.3) is 0 Å². The van der Waals surface area contributed by atoms with Gasteiger partial charge in [0.2, 0.25) is 0 Å². The third-order valence-electron chi connectivity index (χ3n) is 5.44. The largest absolute Gasteiger partial charge is 0.449 e. The Morgan fingerprint density at radius 1 is 1.10 bits per heavy atom. The molecule has 31 heavy (non-hydrogen) atoms. The second-order valence-electron chi connectivity index (χ2n) is 7.49. The van der Waals surface area contributed by atoms with Gasteiger partial charge in [-0.1, -0.05) is 60.4 Å². The lowest BCUT2D eigenvalue weighted by Crippen LogP contribution is -2.26. The minimum Gasteiger partial charge on any atom is -0.449 e. The average molecular weight is 414 g/mol. The lowest BCUT2D eigenvalue weighted by Gasteiger charge is -2.14. The molecule has 3 N–H and O–H groups in total. The second-order valence-corrected chi connectivity index (χ2v) is 7.49. The van der Waals surface area contributed by atoms with Crippen LogP contribution in [0.3, 0.4) is 0 Å². The molecule has 0 unspecified atom stereocenters. The molecule has 4 rings (SSSR count). The highest BCUT2D eigenvalue weighted by Gasteiger charge is 2.28. The summed E-state index contributed by atoms with van der Waals surface area (Å²) in [5, 5.41) is 2.71. The predicted octanol–water partition coefficient (Wildman–Crippen LogP) is 5.00. The highest BCUT2D eigenvalue weighted by Crippen LogP contribution is 2.44. The van der Waals surface area contributed by atoms with Crippen molar-refractivity contribution in [1.29, 1.82) is 0 Å². The third kappa shape index (κ3) is 4.39. The van der Waals surface area contributed by atoms with Crippen LogP contribution in [0.5, 0.6) is 0 Å². The summed E-state index contributed by atoms with van der Waals surface area (Å²) in [6.45, 7) is 2.34. The number of nitrogen functional groups attached to an aromatic ring is 1. The molecule has 0 fully saturated rings. The molecule has 1 amide bonds. The SMILES string of the molecule is Cc1cc(F)cc(C#CCCNC(=O)OCC2c3ccccc3-c3ccccc32)c1N. The van der Waals surface area contributed by atoms with Crippen LogP contribution in [0.15, 0.2) is 60.7 Å². The molecule has 3 aromatic rings. The van der Waals surface area contributed by atoms with E-state index in [-0.39, 0.29) is 18.3 Å². The van der Waals surface area contributed by atoms with Gasteiger partial charge in [-0.2, -0.15) is 0 Å². The summed E-state index contributed by atoms with van der Waals surface area (Å²) in [6.07, 6.45) is -0.0797. The standard InChI is InChI=1S/C26H23FN2O2/c1-17-14-19(27)15-18(25(17)28)8-6-7-13-29-26(30)31-16-24-22-11-4-2-9-20(22)21-10-3-5-12-23(21)24/h2-5,9-12,14-15,24H,7,13,16,28H2,1H3,(H,29,30). The van der Waals surface area contributed by atoms with E-state index in [2.05, 4.69) is 41.4 Å². The van der Waals surface area contributed by atoms with Crippen LogP contribution in [0, 0.1) is 24.6 Å². The van der Waals surface area contributed by atoms with Gasteiger partial charge in [-0.3, -0.25) is 0 Å². The monoisotopic (exact) mass is 414 g/mol. The zero-order valence-electron chi connectivity index (χ0n) is 17.2. The van der Waals surface area contributed by atoms with E-state index in [0.29, 0.717) is 29.8 Å². The Hall–Kier alpha value is -3.78. The first-order chi connectivity index (χ1) is 15.0. The van der Waals surface area contributed by atoms with Crippen molar-refractivity contribution in [2.24, 2.45) is 0 Å². The van der Waals surface area contributed by atoms with E-state index in [0.717, 1.165) is 0 Å². The molecule has 0 spiro atoms. The van der Waals surface area contributed by atoms with Crippen LogP contribution in [-0.2, 0) is 4.74 Å². The van der Waals surface area contributed by atoms with Crippen LogP contribution in [-0.4, -0.2) is 19.2 Å². The maximum atomic E-state index is 13.5. The highest BCUT2D eigenvalue weighted by atomic mass is 19.1. The summed E-state index contributed by atoms with van der Waals surface area (Å²) in [4.78, 5) is 12.1. The number of alkyl carbamates (subject to hydrolysis) is 1. The number of nitrogens with one attached hydrogen (secondary N) is 1. The van der Waals surface area contributed by atoms with Crippen molar-refractivity contribution in [2.45, 2.75) is 19.3 Å². The third-order valence-corrected chi connectivity index (χ3v) is 5.44. The Morgan fingerprint density at radius 3 is 2.42 bits per heavy atom. The average Bonchev–Trinajstić information content (AvgIpc) is 3.09. The summed E-state index contributed by atoms with van der Waals surface area (Å²) in [7, 11) is 0. The van der Waals surface area contributed by atoms with Gasteiger partial charge in [0.15, 0.2) is 0 Å². The summed E-state index contributed by atoms with van der Waals surface area (Å²) < 4.78 is 19.0.